The van der Waals surface area contributed by atoms with Gasteiger partial charge in [0.05, 0.1) is 33.2 Å². The molecule has 4 aromatic carbocycles. The number of aromatic nitrogens is 3. The molecule has 0 amide bonds. The van der Waals surface area contributed by atoms with Gasteiger partial charge in [0, 0.05) is 48.9 Å². The van der Waals surface area contributed by atoms with Crippen molar-refractivity contribution >= 4 is 83.3 Å². The molecule has 0 aliphatic heterocycles. The fourth-order valence-electron chi connectivity index (χ4n) is 5.33. The minimum Gasteiger partial charge on any atom is -0.478 e. The van der Waals surface area contributed by atoms with E-state index in [1.54, 1.807) is 54.6 Å². The monoisotopic (exact) mass is 477 g/mol. The Kier molecular flexibility index (Phi) is 3.70. The van der Waals surface area contributed by atoms with E-state index in [0.717, 1.165) is 48.9 Å². The first-order valence-corrected chi connectivity index (χ1v) is 11.0. The van der Waals surface area contributed by atoms with Crippen LogP contribution in [0.3, 0.4) is 0 Å². The topological polar surface area (TPSA) is 159 Å². The summed E-state index contributed by atoms with van der Waals surface area (Å²) in [6.07, 6.45) is 0. The summed E-state index contributed by atoms with van der Waals surface area (Å²) in [6, 6.07) is 14.7. The lowest BCUT2D eigenvalue weighted by Gasteiger charge is -2.01. The largest absolute Gasteiger partial charge is 0.478 e. The molecule has 0 atom stereocenters. The van der Waals surface area contributed by atoms with Gasteiger partial charge in [-0.3, -0.25) is 0 Å². The molecule has 0 fully saturated rings. The molecule has 3 aromatic heterocycles. The zero-order valence-corrected chi connectivity index (χ0v) is 18.3. The first kappa shape index (κ1) is 20.1. The van der Waals surface area contributed by atoms with Crippen molar-refractivity contribution < 1.29 is 29.7 Å². The van der Waals surface area contributed by atoms with E-state index in [4.69, 9.17) is 0 Å². The number of carboxylic acids is 3. The maximum Gasteiger partial charge on any atom is 0.335 e. The van der Waals surface area contributed by atoms with Crippen LogP contribution >= 0.6 is 0 Å². The number of H-pyrrole nitrogens is 3. The predicted octanol–water partition coefficient (Wildman–Crippen LogP) is 5.68. The highest BCUT2D eigenvalue weighted by Gasteiger charge is 2.22. The quantitative estimate of drug-likeness (QED) is 0.192. The number of fused-ring (bicyclic) bond motifs is 12. The molecule has 0 radical (unpaired) electrons. The van der Waals surface area contributed by atoms with Gasteiger partial charge in [-0.25, -0.2) is 14.4 Å². The standard InChI is InChI=1S/C27H15N3O6/c31-25(32)10-1-4-13-16(7-10)28-22-19(13)23-21(14-5-2-11(26(33)34)8-17(14)29-23)24-20(22)15-6-3-12(27(35)36)9-18(15)30-24/h1-9,28-30H,(H,31,32)(H,33,34)(H,35,36). The summed E-state index contributed by atoms with van der Waals surface area (Å²) < 4.78 is 0. The van der Waals surface area contributed by atoms with Crippen LogP contribution in [-0.4, -0.2) is 48.2 Å². The average Bonchev–Trinajstić information content (AvgIpc) is 3.52. The SMILES string of the molecule is O=C(O)c1ccc2c(c1)[nH]c1c2c2[nH]c3cc(C(=O)O)ccc3c2c2[nH]c3cc(C(=O)O)ccc3c12. The summed E-state index contributed by atoms with van der Waals surface area (Å²) in [6.45, 7) is 0. The number of carbonyl (C=O) groups is 3. The van der Waals surface area contributed by atoms with Crippen molar-refractivity contribution in [3.8, 4) is 0 Å². The molecule has 0 aliphatic carbocycles. The smallest absolute Gasteiger partial charge is 0.335 e. The summed E-state index contributed by atoms with van der Waals surface area (Å²) in [4.78, 5) is 44.9. The second-order valence-corrected chi connectivity index (χ2v) is 8.82. The number of aromatic amines is 3. The third kappa shape index (κ3) is 2.51. The van der Waals surface area contributed by atoms with Crippen molar-refractivity contribution in [2.24, 2.45) is 0 Å². The number of carboxylic acid groups (broad SMARTS) is 3. The number of nitrogens with one attached hydrogen (secondary N) is 3. The molecule has 0 aliphatic rings. The maximum absolute atomic E-state index is 11.6. The predicted molar refractivity (Wildman–Crippen MR) is 135 cm³/mol. The van der Waals surface area contributed by atoms with Crippen LogP contribution in [0.25, 0.3) is 65.4 Å². The Morgan fingerprint density at radius 3 is 1.00 bits per heavy atom. The van der Waals surface area contributed by atoms with Gasteiger partial charge in [0.1, 0.15) is 0 Å². The molecule has 0 saturated heterocycles. The van der Waals surface area contributed by atoms with E-state index in [1.807, 2.05) is 0 Å². The van der Waals surface area contributed by atoms with Crippen LogP contribution in [0.2, 0.25) is 0 Å². The van der Waals surface area contributed by atoms with E-state index in [0.29, 0.717) is 16.6 Å². The molecule has 0 spiro atoms. The molecular weight excluding hydrogens is 462 g/mol. The highest BCUT2D eigenvalue weighted by molar-refractivity contribution is 6.38. The van der Waals surface area contributed by atoms with Crippen LogP contribution in [0.4, 0.5) is 0 Å². The van der Waals surface area contributed by atoms with Crippen LogP contribution in [0.1, 0.15) is 31.1 Å². The van der Waals surface area contributed by atoms with E-state index in [1.165, 1.54) is 0 Å². The van der Waals surface area contributed by atoms with Crippen LogP contribution in [0.15, 0.2) is 54.6 Å². The number of hydrogen-bond acceptors (Lipinski definition) is 3. The van der Waals surface area contributed by atoms with Gasteiger partial charge in [0.25, 0.3) is 0 Å². The molecule has 7 aromatic rings. The maximum atomic E-state index is 11.6. The first-order chi connectivity index (χ1) is 17.3. The molecule has 0 saturated carbocycles. The summed E-state index contributed by atoms with van der Waals surface area (Å²) in [5.41, 5.74) is 4.64. The van der Waals surface area contributed by atoms with Crippen LogP contribution in [0, 0.1) is 0 Å². The van der Waals surface area contributed by atoms with Crippen molar-refractivity contribution in [3.05, 3.63) is 71.3 Å². The molecule has 9 nitrogen and oxygen atoms in total. The molecule has 3 heterocycles. The molecule has 6 N–H and O–H groups in total. The Bertz CT molecular complexity index is 1870. The molecule has 174 valence electrons. The lowest BCUT2D eigenvalue weighted by Crippen LogP contribution is -1.94. The van der Waals surface area contributed by atoms with Gasteiger partial charge in [-0.2, -0.15) is 0 Å². The fraction of sp³-hybridized carbons (Fsp3) is 0. The Balaban J connectivity index is 1.75. The van der Waals surface area contributed by atoms with Gasteiger partial charge in [-0.15, -0.1) is 0 Å². The normalized spacial score (nSPS) is 12.0. The minimum atomic E-state index is -1.04. The van der Waals surface area contributed by atoms with Crippen molar-refractivity contribution in [2.75, 3.05) is 0 Å². The van der Waals surface area contributed by atoms with Gasteiger partial charge < -0.3 is 30.3 Å². The number of rotatable bonds is 3. The summed E-state index contributed by atoms with van der Waals surface area (Å²) in [5.74, 6) is -3.11. The zero-order valence-electron chi connectivity index (χ0n) is 18.3. The second kappa shape index (κ2) is 6.63. The van der Waals surface area contributed by atoms with Gasteiger partial charge in [-0.05, 0) is 36.4 Å². The van der Waals surface area contributed by atoms with Crippen molar-refractivity contribution in [3.63, 3.8) is 0 Å². The van der Waals surface area contributed by atoms with Gasteiger partial charge >= 0.3 is 17.9 Å². The van der Waals surface area contributed by atoms with Crippen molar-refractivity contribution in [1.29, 1.82) is 0 Å². The van der Waals surface area contributed by atoms with Gasteiger partial charge in [0.15, 0.2) is 0 Å². The number of benzene rings is 4. The zero-order chi connectivity index (χ0) is 24.9. The Hall–Kier alpha value is -5.31. The van der Waals surface area contributed by atoms with Gasteiger partial charge in [0.2, 0.25) is 0 Å². The molecule has 36 heavy (non-hydrogen) atoms. The molecule has 9 heteroatoms. The first-order valence-electron chi connectivity index (χ1n) is 11.0. The molecule has 0 bridgehead atoms. The van der Waals surface area contributed by atoms with Crippen LogP contribution in [0.5, 0.6) is 0 Å². The number of aromatic carboxylic acids is 3. The Morgan fingerprint density at radius 1 is 0.472 bits per heavy atom. The Morgan fingerprint density at radius 2 is 0.750 bits per heavy atom. The second-order valence-electron chi connectivity index (χ2n) is 8.82. The minimum absolute atomic E-state index is 0.148. The van der Waals surface area contributed by atoms with Crippen LogP contribution < -0.4 is 0 Å². The molecular formula is C27H15N3O6. The molecule has 7 rings (SSSR count). The highest BCUT2D eigenvalue weighted by atomic mass is 16.4. The van der Waals surface area contributed by atoms with E-state index in [2.05, 4.69) is 15.0 Å². The molecule has 0 unspecified atom stereocenters. The summed E-state index contributed by atoms with van der Waals surface area (Å²) >= 11 is 0. The summed E-state index contributed by atoms with van der Waals surface area (Å²) in [7, 11) is 0. The summed E-state index contributed by atoms with van der Waals surface area (Å²) in [5, 5.41) is 33.4. The third-order valence-electron chi connectivity index (χ3n) is 6.89. The van der Waals surface area contributed by atoms with Crippen molar-refractivity contribution in [2.45, 2.75) is 0 Å². The van der Waals surface area contributed by atoms with E-state index in [9.17, 15) is 29.7 Å². The Labute approximate surface area is 199 Å². The highest BCUT2D eigenvalue weighted by Crippen LogP contribution is 2.44. The van der Waals surface area contributed by atoms with Gasteiger partial charge in [-0.1, -0.05) is 18.2 Å². The fourth-order valence-corrected chi connectivity index (χ4v) is 5.33. The number of hydrogen-bond donors (Lipinski definition) is 6. The van der Waals surface area contributed by atoms with E-state index in [-0.39, 0.29) is 16.7 Å². The lowest BCUT2D eigenvalue weighted by atomic mass is 10.0. The average molecular weight is 477 g/mol. The lowest BCUT2D eigenvalue weighted by molar-refractivity contribution is 0.0686. The van der Waals surface area contributed by atoms with Crippen molar-refractivity contribution in [1.82, 2.24) is 15.0 Å². The third-order valence-corrected chi connectivity index (χ3v) is 6.89. The van der Waals surface area contributed by atoms with E-state index < -0.39 is 17.9 Å². The van der Waals surface area contributed by atoms with E-state index >= 15 is 0 Å². The van der Waals surface area contributed by atoms with Crippen LogP contribution in [-0.2, 0) is 0 Å².